The third-order valence-electron chi connectivity index (χ3n) is 4.34. The van der Waals surface area contributed by atoms with Crippen molar-refractivity contribution in [3.8, 4) is 5.75 Å². The van der Waals surface area contributed by atoms with Gasteiger partial charge in [-0.05, 0) is 35.9 Å². The van der Waals surface area contributed by atoms with E-state index in [4.69, 9.17) is 4.74 Å². The summed E-state index contributed by atoms with van der Waals surface area (Å²) in [4.78, 5) is 12.6. The fraction of sp³-hybridized carbons (Fsp3) is 0.316. The summed E-state index contributed by atoms with van der Waals surface area (Å²) in [7, 11) is -0.301. The number of benzene rings is 2. The van der Waals surface area contributed by atoms with Gasteiger partial charge in [0.05, 0.1) is 12.0 Å². The van der Waals surface area contributed by atoms with Crippen LogP contribution in [0.2, 0.25) is 0 Å². The van der Waals surface area contributed by atoms with E-state index >= 15 is 0 Å². The highest BCUT2D eigenvalue weighted by atomic mass is 32.2. The van der Waals surface area contributed by atoms with Gasteiger partial charge in [0.1, 0.15) is 10.6 Å². The maximum Gasteiger partial charge on any atom is 0.251 e. The molecule has 0 spiro atoms. The summed E-state index contributed by atoms with van der Waals surface area (Å²) in [6.45, 7) is 0.142. The summed E-state index contributed by atoms with van der Waals surface area (Å²) in [6.07, 6.45) is 0. The Morgan fingerprint density at radius 3 is 1.97 bits per heavy atom. The number of nitrogens with one attached hydrogen (secondary N) is 1. The van der Waals surface area contributed by atoms with Crippen molar-refractivity contribution in [2.75, 3.05) is 35.3 Å². The van der Waals surface area contributed by atoms with Crippen LogP contribution in [-0.2, 0) is 26.6 Å². The van der Waals surface area contributed by atoms with E-state index in [0.717, 1.165) is 8.61 Å². The minimum Gasteiger partial charge on any atom is -0.495 e. The summed E-state index contributed by atoms with van der Waals surface area (Å²) in [6, 6.07) is 10.3. The van der Waals surface area contributed by atoms with Gasteiger partial charge >= 0.3 is 0 Å². The molecule has 0 aliphatic heterocycles. The van der Waals surface area contributed by atoms with E-state index in [9.17, 15) is 21.6 Å². The first-order chi connectivity index (χ1) is 13.9. The van der Waals surface area contributed by atoms with E-state index < -0.39 is 26.0 Å². The van der Waals surface area contributed by atoms with Crippen LogP contribution >= 0.6 is 0 Å². The van der Waals surface area contributed by atoms with Crippen LogP contribution in [0.3, 0.4) is 0 Å². The van der Waals surface area contributed by atoms with Crippen LogP contribution in [0.4, 0.5) is 0 Å². The Hall–Kier alpha value is -2.47. The minimum absolute atomic E-state index is 0.110. The molecule has 0 saturated carbocycles. The lowest BCUT2D eigenvalue weighted by Crippen LogP contribution is -2.25. The molecule has 0 radical (unpaired) electrons. The van der Waals surface area contributed by atoms with Gasteiger partial charge in [-0.2, -0.15) is 0 Å². The highest BCUT2D eigenvalue weighted by Crippen LogP contribution is 2.27. The van der Waals surface area contributed by atoms with E-state index in [1.54, 1.807) is 12.1 Å². The van der Waals surface area contributed by atoms with E-state index in [2.05, 4.69) is 5.32 Å². The largest absolute Gasteiger partial charge is 0.495 e. The third-order valence-corrected chi connectivity index (χ3v) is 8.01. The van der Waals surface area contributed by atoms with E-state index in [-0.39, 0.29) is 27.6 Å². The second-order valence-corrected chi connectivity index (χ2v) is 11.0. The molecule has 1 amide bonds. The molecule has 164 valence electrons. The molecule has 9 nitrogen and oxygen atoms in total. The molecular formula is C19H25N3O6S2. The van der Waals surface area contributed by atoms with Gasteiger partial charge in [0, 0.05) is 40.3 Å². The first-order valence-electron chi connectivity index (χ1n) is 8.81. The van der Waals surface area contributed by atoms with E-state index in [0.29, 0.717) is 5.56 Å². The second-order valence-electron chi connectivity index (χ2n) is 6.77. The van der Waals surface area contributed by atoms with Crippen LogP contribution in [0.5, 0.6) is 5.75 Å². The van der Waals surface area contributed by atoms with Crippen molar-refractivity contribution in [1.82, 2.24) is 13.9 Å². The molecule has 0 saturated heterocycles. The molecule has 0 aliphatic rings. The first-order valence-corrected chi connectivity index (χ1v) is 11.7. The quantitative estimate of drug-likeness (QED) is 0.638. The van der Waals surface area contributed by atoms with E-state index in [1.165, 1.54) is 65.6 Å². The van der Waals surface area contributed by atoms with Crippen molar-refractivity contribution in [3.05, 3.63) is 53.6 Å². The Bertz CT molecular complexity index is 1130. The predicted octanol–water partition coefficient (Wildman–Crippen LogP) is 1.13. The Morgan fingerprint density at radius 1 is 0.900 bits per heavy atom. The summed E-state index contributed by atoms with van der Waals surface area (Å²) < 4.78 is 56.4. The highest BCUT2D eigenvalue weighted by Gasteiger charge is 2.24. The zero-order valence-electron chi connectivity index (χ0n) is 17.4. The Kier molecular flexibility index (Phi) is 7.24. The lowest BCUT2D eigenvalue weighted by atomic mass is 10.2. The van der Waals surface area contributed by atoms with Crippen molar-refractivity contribution in [3.63, 3.8) is 0 Å². The Balaban J connectivity index is 2.19. The van der Waals surface area contributed by atoms with Crippen LogP contribution in [0, 0.1) is 0 Å². The SMILES string of the molecule is COc1ccc(C(=O)NCc2ccc(S(=O)(=O)N(C)C)cc2)cc1S(=O)(=O)N(C)C. The average Bonchev–Trinajstić information content (AvgIpc) is 2.71. The Labute approximate surface area is 177 Å². The summed E-state index contributed by atoms with van der Waals surface area (Å²) in [5, 5.41) is 2.69. The van der Waals surface area contributed by atoms with Crippen LogP contribution in [0.25, 0.3) is 0 Å². The van der Waals surface area contributed by atoms with Crippen molar-refractivity contribution in [2.24, 2.45) is 0 Å². The molecule has 2 rings (SSSR count). The van der Waals surface area contributed by atoms with Crippen LogP contribution in [0.15, 0.2) is 52.3 Å². The van der Waals surface area contributed by atoms with Gasteiger partial charge in [0.2, 0.25) is 20.0 Å². The number of hydrogen-bond acceptors (Lipinski definition) is 6. The molecule has 30 heavy (non-hydrogen) atoms. The normalized spacial score (nSPS) is 12.2. The van der Waals surface area contributed by atoms with E-state index in [1.807, 2.05) is 0 Å². The molecule has 0 atom stereocenters. The van der Waals surface area contributed by atoms with Crippen molar-refractivity contribution in [1.29, 1.82) is 0 Å². The van der Waals surface area contributed by atoms with Gasteiger partial charge in [-0.15, -0.1) is 0 Å². The molecule has 0 aromatic heterocycles. The fourth-order valence-corrected chi connectivity index (χ4v) is 4.47. The maximum absolute atomic E-state index is 12.5. The molecule has 0 heterocycles. The first kappa shape index (κ1) is 23.8. The van der Waals surface area contributed by atoms with Gasteiger partial charge in [-0.1, -0.05) is 12.1 Å². The van der Waals surface area contributed by atoms with Crippen molar-refractivity contribution >= 4 is 26.0 Å². The average molecular weight is 456 g/mol. The van der Waals surface area contributed by atoms with Gasteiger partial charge in [0.25, 0.3) is 5.91 Å². The molecule has 0 unspecified atom stereocenters. The zero-order chi connectivity index (χ0) is 22.7. The number of ether oxygens (including phenoxy) is 1. The molecule has 0 fully saturated rings. The maximum atomic E-state index is 12.5. The molecule has 0 bridgehead atoms. The molecule has 2 aromatic carbocycles. The van der Waals surface area contributed by atoms with Crippen LogP contribution in [0.1, 0.15) is 15.9 Å². The second kappa shape index (κ2) is 9.13. The highest BCUT2D eigenvalue weighted by molar-refractivity contribution is 7.89. The smallest absolute Gasteiger partial charge is 0.251 e. The fourth-order valence-electron chi connectivity index (χ4n) is 2.49. The molecule has 0 aliphatic carbocycles. The van der Waals surface area contributed by atoms with Gasteiger partial charge in [-0.25, -0.2) is 25.4 Å². The minimum atomic E-state index is -3.80. The summed E-state index contributed by atoms with van der Waals surface area (Å²) >= 11 is 0. The monoisotopic (exact) mass is 455 g/mol. The number of methoxy groups -OCH3 is 1. The number of carbonyl (C=O) groups excluding carboxylic acids is 1. The van der Waals surface area contributed by atoms with Crippen LogP contribution < -0.4 is 10.1 Å². The number of carbonyl (C=O) groups is 1. The summed E-state index contributed by atoms with van der Waals surface area (Å²) in [5.74, 6) is -0.337. The van der Waals surface area contributed by atoms with Crippen molar-refractivity contribution in [2.45, 2.75) is 16.3 Å². The van der Waals surface area contributed by atoms with Gasteiger partial charge in [0.15, 0.2) is 0 Å². The van der Waals surface area contributed by atoms with Crippen LogP contribution in [-0.4, -0.2) is 66.7 Å². The molecule has 2 aromatic rings. The van der Waals surface area contributed by atoms with Gasteiger partial charge in [-0.3, -0.25) is 4.79 Å². The molecule has 11 heteroatoms. The number of hydrogen-bond donors (Lipinski definition) is 1. The van der Waals surface area contributed by atoms with Crippen molar-refractivity contribution < 1.29 is 26.4 Å². The molecule has 1 N–H and O–H groups in total. The Morgan fingerprint density at radius 2 is 1.47 bits per heavy atom. The predicted molar refractivity (Wildman–Crippen MR) is 112 cm³/mol. The number of rotatable bonds is 8. The number of nitrogens with zero attached hydrogens (tertiary/aromatic N) is 2. The topological polar surface area (TPSA) is 113 Å². The third kappa shape index (κ3) is 4.98. The van der Waals surface area contributed by atoms with Gasteiger partial charge < -0.3 is 10.1 Å². The standard InChI is InChI=1S/C19H25N3O6S2/c1-21(2)29(24,25)16-9-6-14(7-10-16)13-20-19(23)15-8-11-17(28-5)18(12-15)30(26,27)22(3)4/h6-12H,13H2,1-5H3,(H,20,23). The summed E-state index contributed by atoms with van der Waals surface area (Å²) in [5.41, 5.74) is 0.846. The lowest BCUT2D eigenvalue weighted by molar-refractivity contribution is 0.0950. The lowest BCUT2D eigenvalue weighted by Gasteiger charge is -2.15. The number of amides is 1. The zero-order valence-corrected chi connectivity index (χ0v) is 19.0. The molecular weight excluding hydrogens is 430 g/mol. The number of sulfonamides is 2.